The number of nitriles is 1. The van der Waals surface area contributed by atoms with Crippen LogP contribution in [0.15, 0.2) is 35.4 Å². The number of aryl methyl sites for hydroxylation is 1. The number of likely N-dealkylation sites (tertiary alicyclic amines) is 1. The highest BCUT2D eigenvalue weighted by atomic mass is 32.2. The molecule has 1 fully saturated rings. The normalized spacial score (nSPS) is 17.7. The molecule has 1 atom stereocenters. The third-order valence-corrected chi connectivity index (χ3v) is 6.11. The first-order valence-electron chi connectivity index (χ1n) is 9.58. The van der Waals surface area contributed by atoms with Gasteiger partial charge in [-0.15, -0.1) is 0 Å². The fourth-order valence-corrected chi connectivity index (χ4v) is 4.12. The molecule has 1 aliphatic heterocycles. The first kappa shape index (κ1) is 23.3. The minimum absolute atomic E-state index is 0.165. The molecule has 9 nitrogen and oxygen atoms in total. The van der Waals surface area contributed by atoms with Gasteiger partial charge in [-0.2, -0.15) is 10.4 Å². The molecule has 2 amide bonds. The van der Waals surface area contributed by atoms with Gasteiger partial charge in [0, 0.05) is 18.9 Å². The van der Waals surface area contributed by atoms with Crippen molar-refractivity contribution in [1.29, 1.82) is 5.26 Å². The van der Waals surface area contributed by atoms with Crippen molar-refractivity contribution < 1.29 is 26.8 Å². The number of amides is 2. The summed E-state index contributed by atoms with van der Waals surface area (Å²) < 4.78 is 51.9. The Kier molecular flexibility index (Phi) is 6.32. The predicted octanol–water partition coefficient (Wildman–Crippen LogP) is 1.13. The van der Waals surface area contributed by atoms with E-state index in [1.807, 2.05) is 0 Å². The van der Waals surface area contributed by atoms with Crippen LogP contribution in [0.25, 0.3) is 0 Å². The Balaban J connectivity index is 1.65. The highest BCUT2D eigenvalue weighted by Gasteiger charge is 2.47. The van der Waals surface area contributed by atoms with E-state index in [1.54, 1.807) is 25.1 Å². The molecule has 1 saturated heterocycles. The standard InChI is InChI=1S/C20H21F2N5O4S/c1-13-17(11-26(25-13)10-14-4-3-5-16(6-14)32(2,30)31)19(29)24-9-18(28)27-12-20(21,22)7-15(27)8-23/h3-6,11,15H,7,9-10,12H2,1-2H3,(H,24,29)/t15-/m0/s1. The van der Waals surface area contributed by atoms with Gasteiger partial charge in [-0.1, -0.05) is 12.1 Å². The lowest BCUT2D eigenvalue weighted by Gasteiger charge is -2.19. The van der Waals surface area contributed by atoms with Gasteiger partial charge in [-0.25, -0.2) is 17.2 Å². The minimum Gasteiger partial charge on any atom is -0.343 e. The summed E-state index contributed by atoms with van der Waals surface area (Å²) in [7, 11) is -3.37. The van der Waals surface area contributed by atoms with Gasteiger partial charge in [0.15, 0.2) is 9.84 Å². The van der Waals surface area contributed by atoms with Gasteiger partial charge >= 0.3 is 0 Å². The van der Waals surface area contributed by atoms with Crippen LogP contribution in [0.1, 0.15) is 28.0 Å². The summed E-state index contributed by atoms with van der Waals surface area (Å²) >= 11 is 0. The Labute approximate surface area is 183 Å². The summed E-state index contributed by atoms with van der Waals surface area (Å²) in [6, 6.07) is 6.78. The number of halogens is 2. The zero-order valence-corrected chi connectivity index (χ0v) is 18.2. The molecule has 0 spiro atoms. The lowest BCUT2D eigenvalue weighted by Crippen LogP contribution is -2.43. The average Bonchev–Trinajstić information content (AvgIpc) is 3.23. The molecule has 0 aliphatic carbocycles. The second-order valence-corrected chi connectivity index (χ2v) is 9.67. The van der Waals surface area contributed by atoms with E-state index in [0.29, 0.717) is 11.3 Å². The molecule has 170 valence electrons. The molecule has 1 aliphatic rings. The van der Waals surface area contributed by atoms with Crippen molar-refractivity contribution in [3.63, 3.8) is 0 Å². The Morgan fingerprint density at radius 1 is 1.38 bits per heavy atom. The monoisotopic (exact) mass is 465 g/mol. The Morgan fingerprint density at radius 2 is 2.09 bits per heavy atom. The van der Waals surface area contributed by atoms with Gasteiger partial charge < -0.3 is 10.2 Å². The fraction of sp³-hybridized carbons (Fsp3) is 0.400. The van der Waals surface area contributed by atoms with Crippen molar-refractivity contribution in [1.82, 2.24) is 20.0 Å². The maximum Gasteiger partial charge on any atom is 0.268 e. The number of hydrogen-bond acceptors (Lipinski definition) is 6. The van der Waals surface area contributed by atoms with Crippen molar-refractivity contribution >= 4 is 21.7 Å². The minimum atomic E-state index is -3.37. The van der Waals surface area contributed by atoms with E-state index >= 15 is 0 Å². The summed E-state index contributed by atoms with van der Waals surface area (Å²) in [5, 5.41) is 15.6. The first-order valence-corrected chi connectivity index (χ1v) is 11.5. The third kappa shape index (κ3) is 5.28. The van der Waals surface area contributed by atoms with E-state index in [2.05, 4.69) is 10.4 Å². The highest BCUT2D eigenvalue weighted by Crippen LogP contribution is 2.31. The zero-order chi connectivity index (χ0) is 23.7. The van der Waals surface area contributed by atoms with Crippen LogP contribution in [-0.4, -0.2) is 66.2 Å². The molecule has 2 aromatic rings. The lowest BCUT2D eigenvalue weighted by atomic mass is 10.2. The molecule has 1 N–H and O–H groups in total. The molecule has 2 heterocycles. The number of carbonyl (C=O) groups is 2. The maximum absolute atomic E-state index is 13.5. The van der Waals surface area contributed by atoms with E-state index < -0.39 is 53.1 Å². The number of sulfone groups is 1. The second kappa shape index (κ2) is 8.66. The molecule has 0 saturated carbocycles. The van der Waals surface area contributed by atoms with Gasteiger partial charge in [0.2, 0.25) is 5.91 Å². The lowest BCUT2D eigenvalue weighted by molar-refractivity contribution is -0.131. The summed E-state index contributed by atoms with van der Waals surface area (Å²) in [5.41, 5.74) is 1.22. The highest BCUT2D eigenvalue weighted by molar-refractivity contribution is 7.90. The van der Waals surface area contributed by atoms with Crippen LogP contribution >= 0.6 is 0 Å². The fourth-order valence-electron chi connectivity index (χ4n) is 3.43. The van der Waals surface area contributed by atoms with Crippen LogP contribution < -0.4 is 5.32 Å². The van der Waals surface area contributed by atoms with E-state index in [-0.39, 0.29) is 17.0 Å². The smallest absolute Gasteiger partial charge is 0.268 e. The number of nitrogens with zero attached hydrogens (tertiary/aromatic N) is 4. The molecule has 0 radical (unpaired) electrons. The largest absolute Gasteiger partial charge is 0.343 e. The summed E-state index contributed by atoms with van der Waals surface area (Å²) in [4.78, 5) is 25.7. The number of benzene rings is 1. The topological polar surface area (TPSA) is 125 Å². The zero-order valence-electron chi connectivity index (χ0n) is 17.4. The molecule has 1 aromatic heterocycles. The van der Waals surface area contributed by atoms with E-state index in [1.165, 1.54) is 23.0 Å². The van der Waals surface area contributed by atoms with Crippen LogP contribution in [-0.2, 0) is 21.2 Å². The molecule has 32 heavy (non-hydrogen) atoms. The quantitative estimate of drug-likeness (QED) is 0.682. The van der Waals surface area contributed by atoms with Crippen molar-refractivity contribution in [2.75, 3.05) is 19.3 Å². The van der Waals surface area contributed by atoms with Crippen LogP contribution in [0, 0.1) is 18.3 Å². The third-order valence-electron chi connectivity index (χ3n) is 5.00. The van der Waals surface area contributed by atoms with Crippen molar-refractivity contribution in [2.24, 2.45) is 0 Å². The predicted molar refractivity (Wildman–Crippen MR) is 109 cm³/mol. The average molecular weight is 465 g/mol. The Morgan fingerprint density at radius 3 is 2.75 bits per heavy atom. The SMILES string of the molecule is Cc1nn(Cc2cccc(S(C)(=O)=O)c2)cc1C(=O)NCC(=O)N1CC(F)(F)C[C@H]1C#N. The maximum atomic E-state index is 13.5. The molecule has 0 bridgehead atoms. The van der Waals surface area contributed by atoms with Crippen LogP contribution in [0.4, 0.5) is 8.78 Å². The van der Waals surface area contributed by atoms with Gasteiger partial charge in [-0.3, -0.25) is 14.3 Å². The van der Waals surface area contributed by atoms with Crippen molar-refractivity contribution in [3.8, 4) is 6.07 Å². The Bertz CT molecular complexity index is 1200. The van der Waals surface area contributed by atoms with Crippen LogP contribution in [0.5, 0.6) is 0 Å². The molecule has 1 aromatic carbocycles. The molecular formula is C20H21F2N5O4S. The summed E-state index contributed by atoms with van der Waals surface area (Å²) in [6.07, 6.45) is 1.83. The van der Waals surface area contributed by atoms with Crippen molar-refractivity contribution in [3.05, 3.63) is 47.3 Å². The number of alkyl halides is 2. The van der Waals surface area contributed by atoms with Gasteiger partial charge in [0.05, 0.1) is 41.9 Å². The number of hydrogen-bond donors (Lipinski definition) is 1. The summed E-state index contributed by atoms with van der Waals surface area (Å²) in [5.74, 6) is -4.53. The molecule has 0 unspecified atom stereocenters. The number of carbonyl (C=O) groups excluding carboxylic acids is 2. The van der Waals surface area contributed by atoms with E-state index in [0.717, 1.165) is 11.2 Å². The number of rotatable bonds is 6. The van der Waals surface area contributed by atoms with E-state index in [9.17, 15) is 26.8 Å². The van der Waals surface area contributed by atoms with Crippen LogP contribution in [0.3, 0.4) is 0 Å². The van der Waals surface area contributed by atoms with Crippen LogP contribution in [0.2, 0.25) is 0 Å². The number of nitrogens with one attached hydrogen (secondary N) is 1. The van der Waals surface area contributed by atoms with Gasteiger partial charge in [0.25, 0.3) is 11.8 Å². The molecule has 3 rings (SSSR count). The van der Waals surface area contributed by atoms with Crippen molar-refractivity contribution in [2.45, 2.75) is 36.7 Å². The van der Waals surface area contributed by atoms with Gasteiger partial charge in [0.1, 0.15) is 6.04 Å². The number of aromatic nitrogens is 2. The first-order chi connectivity index (χ1) is 14.9. The molecular weight excluding hydrogens is 444 g/mol. The molecule has 12 heteroatoms. The van der Waals surface area contributed by atoms with Gasteiger partial charge in [-0.05, 0) is 24.6 Å². The summed E-state index contributed by atoms with van der Waals surface area (Å²) in [6.45, 7) is 0.410. The van der Waals surface area contributed by atoms with E-state index in [4.69, 9.17) is 5.26 Å². The Hall–Kier alpha value is -3.33. The second-order valence-electron chi connectivity index (χ2n) is 7.65.